The third-order valence-electron chi connectivity index (χ3n) is 1.54. The van der Waals surface area contributed by atoms with Crippen LogP contribution in [-0.2, 0) is 6.54 Å². The number of hydrogen-bond acceptors (Lipinski definition) is 3. The molecule has 11 heavy (non-hydrogen) atoms. The van der Waals surface area contributed by atoms with Gasteiger partial charge in [0, 0.05) is 17.6 Å². The number of nitrogens with zero attached hydrogens (tertiary/aromatic N) is 1. The lowest BCUT2D eigenvalue weighted by Crippen LogP contribution is -1.91. The zero-order valence-corrected chi connectivity index (χ0v) is 6.77. The van der Waals surface area contributed by atoms with E-state index in [1.165, 1.54) is 9.58 Å². The maximum absolute atomic E-state index is 5.50. The minimum atomic E-state index is 0.612. The summed E-state index contributed by atoms with van der Waals surface area (Å²) in [6.07, 6.45) is 1.80. The molecule has 0 saturated heterocycles. The smallest absolute Gasteiger partial charge is 0.0813 e. The third kappa shape index (κ3) is 1.13. The Labute approximate surface area is 68.7 Å². The van der Waals surface area contributed by atoms with Crippen LogP contribution in [0.5, 0.6) is 0 Å². The first-order chi connectivity index (χ1) is 5.40. The molecule has 2 aromatic heterocycles. The molecule has 2 aromatic rings. The molecule has 2 heterocycles. The van der Waals surface area contributed by atoms with Crippen molar-refractivity contribution in [2.24, 2.45) is 5.73 Å². The summed E-state index contributed by atoms with van der Waals surface area (Å²) in [4.78, 5) is 5.40. The summed E-state index contributed by atoms with van der Waals surface area (Å²) in [5, 5.41) is 0. The van der Waals surface area contributed by atoms with Gasteiger partial charge < -0.3 is 5.73 Å². The second-order valence-electron chi connectivity index (χ2n) is 2.30. The quantitative estimate of drug-likeness (QED) is 0.697. The monoisotopic (exact) mass is 164 g/mol. The van der Waals surface area contributed by atoms with Crippen LogP contribution in [0, 0.1) is 0 Å². The number of aromatic nitrogens is 1. The maximum atomic E-state index is 5.50. The van der Waals surface area contributed by atoms with E-state index in [1.807, 2.05) is 12.1 Å². The fourth-order valence-electron chi connectivity index (χ4n) is 1.02. The van der Waals surface area contributed by atoms with Gasteiger partial charge in [-0.2, -0.15) is 0 Å². The second-order valence-corrected chi connectivity index (χ2v) is 3.47. The summed E-state index contributed by atoms with van der Waals surface area (Å²) in [6, 6.07) is 6.05. The van der Waals surface area contributed by atoms with Crippen LogP contribution in [0.1, 0.15) is 4.88 Å². The van der Waals surface area contributed by atoms with Gasteiger partial charge in [0.2, 0.25) is 0 Å². The van der Waals surface area contributed by atoms with E-state index in [0.29, 0.717) is 6.54 Å². The number of rotatable bonds is 1. The zero-order chi connectivity index (χ0) is 7.68. The first kappa shape index (κ1) is 6.76. The molecule has 0 bridgehead atoms. The van der Waals surface area contributed by atoms with Crippen molar-refractivity contribution in [2.75, 3.05) is 0 Å². The fraction of sp³-hybridized carbons (Fsp3) is 0.125. The summed E-state index contributed by atoms with van der Waals surface area (Å²) in [7, 11) is 0. The predicted octanol–water partition coefficient (Wildman–Crippen LogP) is 1.76. The van der Waals surface area contributed by atoms with Gasteiger partial charge in [0.25, 0.3) is 0 Å². The molecule has 0 saturated carbocycles. The molecule has 2 rings (SSSR count). The van der Waals surface area contributed by atoms with Gasteiger partial charge in [-0.1, -0.05) is 0 Å². The molecule has 0 aliphatic heterocycles. The SMILES string of the molecule is NCc1cc2ncccc2s1. The fourth-order valence-corrected chi connectivity index (χ4v) is 1.92. The molecule has 56 valence electrons. The molecule has 0 atom stereocenters. The normalized spacial score (nSPS) is 10.6. The van der Waals surface area contributed by atoms with Crippen LogP contribution in [-0.4, -0.2) is 4.98 Å². The van der Waals surface area contributed by atoms with Gasteiger partial charge in [-0.25, -0.2) is 0 Å². The highest BCUT2D eigenvalue weighted by molar-refractivity contribution is 7.18. The van der Waals surface area contributed by atoms with Crippen LogP contribution >= 0.6 is 11.3 Å². The minimum absolute atomic E-state index is 0.612. The molecule has 0 fully saturated rings. The largest absolute Gasteiger partial charge is 0.326 e. The van der Waals surface area contributed by atoms with Crippen molar-refractivity contribution in [1.29, 1.82) is 0 Å². The molecule has 0 unspecified atom stereocenters. The van der Waals surface area contributed by atoms with Gasteiger partial charge in [0.1, 0.15) is 0 Å². The highest BCUT2D eigenvalue weighted by Gasteiger charge is 1.98. The first-order valence-corrected chi connectivity index (χ1v) is 4.25. The van der Waals surface area contributed by atoms with Gasteiger partial charge in [-0.05, 0) is 18.2 Å². The Hall–Kier alpha value is -0.930. The van der Waals surface area contributed by atoms with Gasteiger partial charge in [0.05, 0.1) is 10.2 Å². The number of pyridine rings is 1. The Kier molecular flexibility index (Phi) is 1.60. The van der Waals surface area contributed by atoms with Crippen LogP contribution in [0.15, 0.2) is 24.4 Å². The van der Waals surface area contributed by atoms with E-state index in [1.54, 1.807) is 17.5 Å². The zero-order valence-electron chi connectivity index (χ0n) is 5.95. The molecule has 2 N–H and O–H groups in total. The van der Waals surface area contributed by atoms with Gasteiger partial charge >= 0.3 is 0 Å². The van der Waals surface area contributed by atoms with Crippen molar-refractivity contribution < 1.29 is 0 Å². The Bertz CT molecular complexity index is 334. The van der Waals surface area contributed by atoms with Crippen LogP contribution in [0.25, 0.3) is 10.2 Å². The standard InChI is InChI=1S/C8H8N2S/c9-5-6-4-7-8(11-6)2-1-3-10-7/h1-4H,5,9H2. The average Bonchev–Trinajstić information content (AvgIpc) is 2.46. The summed E-state index contributed by atoms with van der Waals surface area (Å²) in [5.74, 6) is 0. The molecule has 0 aliphatic rings. The molecule has 0 aromatic carbocycles. The van der Waals surface area contributed by atoms with Gasteiger partial charge in [-0.3, -0.25) is 4.98 Å². The van der Waals surface area contributed by atoms with Crippen molar-refractivity contribution >= 4 is 21.6 Å². The third-order valence-corrected chi connectivity index (χ3v) is 2.65. The molecular weight excluding hydrogens is 156 g/mol. The lowest BCUT2D eigenvalue weighted by atomic mass is 10.4. The van der Waals surface area contributed by atoms with Crippen LogP contribution in [0.4, 0.5) is 0 Å². The van der Waals surface area contributed by atoms with Crippen molar-refractivity contribution in [3.05, 3.63) is 29.3 Å². The average molecular weight is 164 g/mol. The van der Waals surface area contributed by atoms with Crippen molar-refractivity contribution in [3.8, 4) is 0 Å². The van der Waals surface area contributed by atoms with Crippen molar-refractivity contribution in [1.82, 2.24) is 4.98 Å². The second kappa shape index (κ2) is 2.60. The molecule has 2 nitrogen and oxygen atoms in total. The lowest BCUT2D eigenvalue weighted by Gasteiger charge is -1.81. The highest BCUT2D eigenvalue weighted by atomic mass is 32.1. The molecule has 3 heteroatoms. The predicted molar refractivity (Wildman–Crippen MR) is 47.5 cm³/mol. The summed E-state index contributed by atoms with van der Waals surface area (Å²) >= 11 is 1.71. The topological polar surface area (TPSA) is 38.9 Å². The van der Waals surface area contributed by atoms with Crippen molar-refractivity contribution in [2.45, 2.75) is 6.54 Å². The molecule has 0 spiro atoms. The molecule has 0 amide bonds. The summed E-state index contributed by atoms with van der Waals surface area (Å²) in [5.41, 5.74) is 6.55. The van der Waals surface area contributed by atoms with E-state index in [9.17, 15) is 0 Å². The van der Waals surface area contributed by atoms with Crippen molar-refractivity contribution in [3.63, 3.8) is 0 Å². The van der Waals surface area contributed by atoms with E-state index in [4.69, 9.17) is 5.73 Å². The van der Waals surface area contributed by atoms with Crippen LogP contribution in [0.3, 0.4) is 0 Å². The Morgan fingerprint density at radius 1 is 1.55 bits per heavy atom. The van der Waals surface area contributed by atoms with E-state index in [2.05, 4.69) is 11.1 Å². The molecular formula is C8H8N2S. The van der Waals surface area contributed by atoms with Crippen LogP contribution < -0.4 is 5.73 Å². The van der Waals surface area contributed by atoms with E-state index in [-0.39, 0.29) is 0 Å². The van der Waals surface area contributed by atoms with Gasteiger partial charge in [0.15, 0.2) is 0 Å². The van der Waals surface area contributed by atoms with E-state index < -0.39 is 0 Å². The Balaban J connectivity index is 2.69. The van der Waals surface area contributed by atoms with Gasteiger partial charge in [-0.15, -0.1) is 11.3 Å². The number of nitrogens with two attached hydrogens (primary N) is 1. The maximum Gasteiger partial charge on any atom is 0.0813 e. The number of hydrogen-bond donors (Lipinski definition) is 1. The van der Waals surface area contributed by atoms with Crippen LogP contribution in [0.2, 0.25) is 0 Å². The summed E-state index contributed by atoms with van der Waals surface area (Å²) < 4.78 is 1.22. The lowest BCUT2D eigenvalue weighted by molar-refractivity contribution is 1.11. The number of fused-ring (bicyclic) bond motifs is 1. The number of thiophene rings is 1. The van der Waals surface area contributed by atoms with E-state index in [0.717, 1.165) is 5.52 Å². The summed E-state index contributed by atoms with van der Waals surface area (Å²) in [6.45, 7) is 0.612. The molecule has 0 aliphatic carbocycles. The minimum Gasteiger partial charge on any atom is -0.326 e. The first-order valence-electron chi connectivity index (χ1n) is 3.43. The van der Waals surface area contributed by atoms with E-state index >= 15 is 0 Å². The molecule has 0 radical (unpaired) electrons. The Morgan fingerprint density at radius 3 is 3.18 bits per heavy atom. The Morgan fingerprint density at radius 2 is 2.45 bits per heavy atom. The highest BCUT2D eigenvalue weighted by Crippen LogP contribution is 2.22.